The first kappa shape index (κ1) is 15.9. The van der Waals surface area contributed by atoms with Crippen LogP contribution in [0.25, 0.3) is 21.5 Å². The fourth-order valence-corrected chi connectivity index (χ4v) is 3.32. The van der Waals surface area contributed by atoms with E-state index in [9.17, 15) is 4.21 Å². The number of benzene rings is 3. The summed E-state index contributed by atoms with van der Waals surface area (Å²) in [6.45, 7) is 7.79. The number of rotatable bonds is 2. The zero-order valence-corrected chi connectivity index (χ0v) is 14.8. The van der Waals surface area contributed by atoms with E-state index in [1.165, 1.54) is 10.8 Å². The van der Waals surface area contributed by atoms with E-state index in [1.54, 1.807) is 0 Å². The second kappa shape index (κ2) is 5.89. The van der Waals surface area contributed by atoms with E-state index in [1.807, 2.05) is 52.0 Å². The van der Waals surface area contributed by atoms with Crippen LogP contribution in [-0.2, 0) is 11.0 Å². The maximum atomic E-state index is 12.4. The molecule has 0 fully saturated rings. The van der Waals surface area contributed by atoms with Gasteiger partial charge >= 0.3 is 0 Å². The van der Waals surface area contributed by atoms with Crippen molar-refractivity contribution in [3.05, 3.63) is 60.2 Å². The number of fused-ring (bicyclic) bond motifs is 2. The summed E-state index contributed by atoms with van der Waals surface area (Å²) in [6.07, 6.45) is 0. The first-order chi connectivity index (χ1) is 10.9. The molecule has 0 radical (unpaired) electrons. The summed E-state index contributed by atoms with van der Waals surface area (Å²) in [4.78, 5) is 0. The highest BCUT2D eigenvalue weighted by molar-refractivity contribution is 7.85. The van der Waals surface area contributed by atoms with Crippen molar-refractivity contribution in [1.29, 1.82) is 0 Å². The zero-order valence-electron chi connectivity index (χ0n) is 14.0. The van der Waals surface area contributed by atoms with Crippen LogP contribution < -0.4 is 0 Å². The molecule has 0 aliphatic rings. The van der Waals surface area contributed by atoms with Crippen LogP contribution in [0.5, 0.6) is 0 Å². The monoisotopic (exact) mass is 323 g/mol. The molecular formula is C20H21NOS. The van der Waals surface area contributed by atoms with Crippen LogP contribution in [0.3, 0.4) is 0 Å². The van der Waals surface area contributed by atoms with Gasteiger partial charge in [-0.3, -0.25) is 0 Å². The molecule has 3 aromatic rings. The lowest BCUT2D eigenvalue weighted by Crippen LogP contribution is -2.20. The van der Waals surface area contributed by atoms with Crippen LogP contribution >= 0.6 is 0 Å². The molecule has 0 aliphatic carbocycles. The Kier molecular flexibility index (Phi) is 4.07. The molecule has 118 valence electrons. The van der Waals surface area contributed by atoms with Crippen LogP contribution in [0.2, 0.25) is 0 Å². The fraction of sp³-hybridized carbons (Fsp3) is 0.250. The maximum Gasteiger partial charge on any atom is 0.145 e. The van der Waals surface area contributed by atoms with Gasteiger partial charge in [0.25, 0.3) is 0 Å². The molecule has 3 rings (SSSR count). The third-order valence-corrected chi connectivity index (χ3v) is 5.36. The summed E-state index contributed by atoms with van der Waals surface area (Å²) < 4.78 is 16.6. The average molecular weight is 323 g/mol. The lowest BCUT2D eigenvalue weighted by Gasteiger charge is -2.16. The summed E-state index contributed by atoms with van der Waals surface area (Å²) in [5.41, 5.74) is 1.91. The van der Waals surface area contributed by atoms with Crippen molar-refractivity contribution in [2.75, 3.05) is 0 Å². The van der Waals surface area contributed by atoms with E-state index >= 15 is 0 Å². The van der Waals surface area contributed by atoms with Crippen molar-refractivity contribution >= 4 is 38.2 Å². The third kappa shape index (κ3) is 3.06. The first-order valence-electron chi connectivity index (χ1n) is 7.76. The zero-order chi connectivity index (χ0) is 16.6. The quantitative estimate of drug-likeness (QED) is 0.467. The molecule has 0 saturated heterocycles. The van der Waals surface area contributed by atoms with Gasteiger partial charge in [-0.05, 0) is 55.3 Å². The van der Waals surface area contributed by atoms with Gasteiger partial charge in [-0.25, -0.2) is 4.21 Å². The minimum absolute atomic E-state index is 0.359. The van der Waals surface area contributed by atoms with Crippen molar-refractivity contribution in [3.8, 4) is 0 Å². The van der Waals surface area contributed by atoms with E-state index in [0.29, 0.717) is 0 Å². The predicted octanol–water partition coefficient (Wildman–Crippen LogP) is 5.26. The summed E-state index contributed by atoms with van der Waals surface area (Å²) in [6, 6.07) is 18.8. The van der Waals surface area contributed by atoms with Crippen LogP contribution in [-0.4, -0.2) is 14.7 Å². The summed E-state index contributed by atoms with van der Waals surface area (Å²) in [7, 11) is -1.27. The lowest BCUT2D eigenvalue weighted by molar-refractivity contribution is 0.650. The average Bonchev–Trinajstić information content (AvgIpc) is 2.51. The van der Waals surface area contributed by atoms with Crippen LogP contribution in [0.4, 0.5) is 0 Å². The van der Waals surface area contributed by atoms with Crippen molar-refractivity contribution in [2.24, 2.45) is 4.40 Å². The van der Waals surface area contributed by atoms with Gasteiger partial charge in [0.15, 0.2) is 0 Å². The second-order valence-electron chi connectivity index (χ2n) is 6.73. The molecule has 0 heterocycles. The standard InChI is InChI=1S/C20H21NOS/c1-14(21-23(22)20(2,3)4)19-17-11-7-5-9-15(17)13-16-10-6-8-12-18(16)19/h5-13H,1-4H3/b21-14+/t23-/m1/s1. The van der Waals surface area contributed by atoms with Crippen molar-refractivity contribution in [1.82, 2.24) is 0 Å². The molecule has 0 unspecified atom stereocenters. The van der Waals surface area contributed by atoms with Crippen molar-refractivity contribution in [3.63, 3.8) is 0 Å². The highest BCUT2D eigenvalue weighted by atomic mass is 32.2. The number of hydrogen-bond donors (Lipinski definition) is 0. The molecule has 0 N–H and O–H groups in total. The Bertz CT molecular complexity index is 881. The van der Waals surface area contributed by atoms with Gasteiger partial charge in [-0.1, -0.05) is 48.5 Å². The Labute approximate surface area is 139 Å². The molecule has 0 aromatic heterocycles. The topological polar surface area (TPSA) is 29.4 Å². The largest absolute Gasteiger partial charge is 0.234 e. The van der Waals surface area contributed by atoms with Crippen molar-refractivity contribution < 1.29 is 4.21 Å². The minimum atomic E-state index is -1.27. The molecule has 0 spiro atoms. The fourth-order valence-electron chi connectivity index (χ4n) is 2.71. The minimum Gasteiger partial charge on any atom is -0.234 e. The third-order valence-electron chi connectivity index (χ3n) is 3.88. The van der Waals surface area contributed by atoms with Gasteiger partial charge in [-0.2, -0.15) is 4.40 Å². The molecule has 1 atom stereocenters. The predicted molar refractivity (Wildman–Crippen MR) is 102 cm³/mol. The Balaban J connectivity index is 2.33. The van der Waals surface area contributed by atoms with E-state index in [-0.39, 0.29) is 4.75 Å². The molecule has 3 heteroatoms. The smallest absolute Gasteiger partial charge is 0.145 e. The Hall–Kier alpha value is -2.00. The molecular weight excluding hydrogens is 302 g/mol. The van der Waals surface area contributed by atoms with E-state index in [4.69, 9.17) is 0 Å². The van der Waals surface area contributed by atoms with E-state index in [0.717, 1.165) is 22.0 Å². The number of nitrogens with zero attached hydrogens (tertiary/aromatic N) is 1. The van der Waals surface area contributed by atoms with Gasteiger partial charge in [0.05, 0.1) is 10.5 Å². The second-order valence-corrected chi connectivity index (χ2v) is 8.64. The molecule has 0 bridgehead atoms. The van der Waals surface area contributed by atoms with Crippen molar-refractivity contribution in [2.45, 2.75) is 32.4 Å². The highest BCUT2D eigenvalue weighted by Gasteiger charge is 2.20. The van der Waals surface area contributed by atoms with Crippen LogP contribution in [0, 0.1) is 0 Å². The van der Waals surface area contributed by atoms with Gasteiger partial charge in [0, 0.05) is 5.56 Å². The molecule has 0 saturated carbocycles. The number of hydrogen-bond acceptors (Lipinski definition) is 1. The van der Waals surface area contributed by atoms with Crippen LogP contribution in [0.1, 0.15) is 33.3 Å². The Morgan fingerprint density at radius 1 is 0.913 bits per heavy atom. The Morgan fingerprint density at radius 2 is 1.39 bits per heavy atom. The molecule has 23 heavy (non-hydrogen) atoms. The summed E-state index contributed by atoms with van der Waals surface area (Å²) in [5.74, 6) is 0. The molecule has 0 aliphatic heterocycles. The van der Waals surface area contributed by atoms with Gasteiger partial charge in [0.1, 0.15) is 11.0 Å². The van der Waals surface area contributed by atoms with Gasteiger partial charge in [-0.15, -0.1) is 0 Å². The lowest BCUT2D eigenvalue weighted by atomic mass is 9.94. The summed E-state index contributed by atoms with van der Waals surface area (Å²) >= 11 is 0. The molecule has 0 amide bonds. The van der Waals surface area contributed by atoms with E-state index < -0.39 is 11.0 Å². The Morgan fingerprint density at radius 3 is 1.87 bits per heavy atom. The summed E-state index contributed by atoms with van der Waals surface area (Å²) in [5, 5.41) is 4.66. The van der Waals surface area contributed by atoms with Crippen LogP contribution in [0.15, 0.2) is 59.0 Å². The van der Waals surface area contributed by atoms with Gasteiger partial charge < -0.3 is 0 Å². The highest BCUT2D eigenvalue weighted by Crippen LogP contribution is 2.29. The first-order valence-corrected chi connectivity index (χ1v) is 8.87. The SMILES string of the molecule is C/C(=N\[S@](=O)C(C)(C)C)c1c2ccccc2cc2ccccc12. The molecule has 3 aromatic carbocycles. The van der Waals surface area contributed by atoms with E-state index in [2.05, 4.69) is 34.7 Å². The normalized spacial score (nSPS) is 14.3. The molecule has 2 nitrogen and oxygen atoms in total. The maximum absolute atomic E-state index is 12.4. The van der Waals surface area contributed by atoms with Gasteiger partial charge in [0.2, 0.25) is 0 Å².